The molecule has 1 aromatic rings. The number of ether oxygens (including phenoxy) is 1. The van der Waals surface area contributed by atoms with Crippen LogP contribution < -0.4 is 10.3 Å². The van der Waals surface area contributed by atoms with Gasteiger partial charge in [-0.15, -0.1) is 0 Å². The second kappa shape index (κ2) is 4.64. The maximum atomic E-state index is 11.4. The van der Waals surface area contributed by atoms with Gasteiger partial charge in [-0.3, -0.25) is 9.36 Å². The minimum atomic E-state index is -0.300. The first-order chi connectivity index (χ1) is 6.69. The highest BCUT2D eigenvalue weighted by atomic mass is 16.5. The van der Waals surface area contributed by atoms with Crippen molar-refractivity contribution in [1.29, 1.82) is 0 Å². The fraction of sp³-hybridized carbons (Fsp3) is 0.556. The quantitative estimate of drug-likeness (QED) is 0.775. The summed E-state index contributed by atoms with van der Waals surface area (Å²) in [6.45, 7) is 4.71. The van der Waals surface area contributed by atoms with Crippen LogP contribution in [0.1, 0.15) is 20.3 Å². The number of aromatic hydroxyl groups is 1. The van der Waals surface area contributed by atoms with Crippen molar-refractivity contribution >= 4 is 0 Å². The van der Waals surface area contributed by atoms with Gasteiger partial charge in [-0.1, -0.05) is 6.92 Å². The van der Waals surface area contributed by atoms with Crippen LogP contribution in [0.5, 0.6) is 11.9 Å². The van der Waals surface area contributed by atoms with Gasteiger partial charge in [-0.2, -0.15) is 4.98 Å². The van der Waals surface area contributed by atoms with Crippen molar-refractivity contribution in [3.8, 4) is 11.9 Å². The van der Waals surface area contributed by atoms with Crippen molar-refractivity contribution in [3.05, 3.63) is 16.4 Å². The third kappa shape index (κ3) is 2.25. The lowest BCUT2D eigenvalue weighted by Crippen LogP contribution is -2.22. The van der Waals surface area contributed by atoms with E-state index < -0.39 is 0 Å². The Kier molecular flexibility index (Phi) is 3.50. The van der Waals surface area contributed by atoms with E-state index in [1.54, 1.807) is 6.92 Å². The summed E-state index contributed by atoms with van der Waals surface area (Å²) in [6, 6.07) is 1.26. The molecule has 0 atom stereocenters. The maximum absolute atomic E-state index is 11.4. The average Bonchev–Trinajstić information content (AvgIpc) is 2.11. The van der Waals surface area contributed by atoms with E-state index in [0.717, 1.165) is 12.5 Å². The standard InChI is InChI=1S/C9H14N2O3/c1-3-5-11-8(13)6-7(12)10-9(11)14-4-2/h6,12H,3-5H2,1-2H3. The first kappa shape index (κ1) is 10.6. The molecule has 1 N–H and O–H groups in total. The van der Waals surface area contributed by atoms with Crippen molar-refractivity contribution in [2.24, 2.45) is 0 Å². The van der Waals surface area contributed by atoms with Crippen molar-refractivity contribution in [2.45, 2.75) is 26.8 Å². The van der Waals surface area contributed by atoms with E-state index >= 15 is 0 Å². The van der Waals surface area contributed by atoms with E-state index in [2.05, 4.69) is 4.98 Å². The predicted octanol–water partition coefficient (Wildman–Crippen LogP) is 0.758. The van der Waals surface area contributed by atoms with Gasteiger partial charge in [0.1, 0.15) is 0 Å². The fourth-order valence-corrected chi connectivity index (χ4v) is 1.14. The molecule has 0 saturated heterocycles. The summed E-state index contributed by atoms with van der Waals surface area (Å²) in [6.07, 6.45) is 0.812. The van der Waals surface area contributed by atoms with Crippen LogP contribution in [0.3, 0.4) is 0 Å². The van der Waals surface area contributed by atoms with Crippen LogP contribution in [0.25, 0.3) is 0 Å². The lowest BCUT2D eigenvalue weighted by molar-refractivity contribution is 0.280. The average molecular weight is 198 g/mol. The largest absolute Gasteiger partial charge is 0.493 e. The minimum Gasteiger partial charge on any atom is -0.493 e. The Bertz CT molecular complexity index is 360. The van der Waals surface area contributed by atoms with E-state index in [0.29, 0.717) is 13.2 Å². The maximum Gasteiger partial charge on any atom is 0.302 e. The van der Waals surface area contributed by atoms with Crippen LogP contribution in [0.4, 0.5) is 0 Å². The first-order valence-corrected chi connectivity index (χ1v) is 4.62. The smallest absolute Gasteiger partial charge is 0.302 e. The third-order valence-corrected chi connectivity index (χ3v) is 1.68. The monoisotopic (exact) mass is 198 g/mol. The van der Waals surface area contributed by atoms with Gasteiger partial charge in [0.15, 0.2) is 0 Å². The highest BCUT2D eigenvalue weighted by molar-refractivity contribution is 5.11. The molecule has 78 valence electrons. The molecule has 5 nitrogen and oxygen atoms in total. The topological polar surface area (TPSA) is 64.3 Å². The third-order valence-electron chi connectivity index (χ3n) is 1.68. The molecule has 1 aromatic heterocycles. The molecular weight excluding hydrogens is 184 g/mol. The van der Waals surface area contributed by atoms with Crippen molar-refractivity contribution in [2.75, 3.05) is 6.61 Å². The number of hydrogen-bond donors (Lipinski definition) is 1. The van der Waals surface area contributed by atoms with Crippen molar-refractivity contribution < 1.29 is 9.84 Å². The van der Waals surface area contributed by atoms with Gasteiger partial charge in [0.05, 0.1) is 12.7 Å². The molecule has 5 heteroatoms. The van der Waals surface area contributed by atoms with Gasteiger partial charge in [0, 0.05) is 6.54 Å². The molecule has 0 aliphatic heterocycles. The van der Waals surface area contributed by atoms with Crippen molar-refractivity contribution in [1.82, 2.24) is 9.55 Å². The summed E-state index contributed by atoms with van der Waals surface area (Å²) in [5, 5.41) is 9.11. The molecule has 1 heterocycles. The Morgan fingerprint density at radius 3 is 2.86 bits per heavy atom. The Morgan fingerprint density at radius 2 is 2.29 bits per heavy atom. The van der Waals surface area contributed by atoms with Crippen LogP contribution in [0, 0.1) is 0 Å². The molecule has 0 radical (unpaired) electrons. The molecule has 14 heavy (non-hydrogen) atoms. The zero-order valence-corrected chi connectivity index (χ0v) is 8.36. The van der Waals surface area contributed by atoms with Gasteiger partial charge in [-0.05, 0) is 13.3 Å². The summed E-state index contributed by atoms with van der Waals surface area (Å²) in [5.74, 6) is -0.300. The van der Waals surface area contributed by atoms with Crippen molar-refractivity contribution in [3.63, 3.8) is 0 Å². The van der Waals surface area contributed by atoms with E-state index in [-0.39, 0.29) is 17.4 Å². The Hall–Kier alpha value is -1.52. The summed E-state index contributed by atoms with van der Waals surface area (Å²) in [7, 11) is 0. The Balaban J connectivity index is 3.14. The zero-order chi connectivity index (χ0) is 10.6. The Morgan fingerprint density at radius 1 is 1.57 bits per heavy atom. The normalized spacial score (nSPS) is 10.1. The second-order valence-electron chi connectivity index (χ2n) is 2.82. The summed E-state index contributed by atoms with van der Waals surface area (Å²) < 4.78 is 6.55. The van der Waals surface area contributed by atoms with E-state index in [9.17, 15) is 4.79 Å². The summed E-state index contributed by atoms with van der Waals surface area (Å²) in [4.78, 5) is 15.1. The molecule has 0 saturated carbocycles. The van der Waals surface area contributed by atoms with Crippen LogP contribution in [-0.4, -0.2) is 21.3 Å². The van der Waals surface area contributed by atoms with Crippen LogP contribution in [0.2, 0.25) is 0 Å². The second-order valence-corrected chi connectivity index (χ2v) is 2.82. The van der Waals surface area contributed by atoms with Gasteiger partial charge in [-0.25, -0.2) is 0 Å². The SMILES string of the molecule is CCCn1c(OCC)nc(O)cc1=O. The molecule has 0 unspecified atom stereocenters. The molecule has 0 bridgehead atoms. The lowest BCUT2D eigenvalue weighted by Gasteiger charge is -2.10. The number of nitrogens with zero attached hydrogens (tertiary/aromatic N) is 2. The first-order valence-electron chi connectivity index (χ1n) is 4.62. The van der Waals surface area contributed by atoms with Crippen LogP contribution in [0.15, 0.2) is 10.9 Å². The molecule has 0 amide bonds. The van der Waals surface area contributed by atoms with Gasteiger partial charge >= 0.3 is 6.01 Å². The van der Waals surface area contributed by atoms with E-state index in [1.165, 1.54) is 4.57 Å². The number of aromatic nitrogens is 2. The summed E-state index contributed by atoms with van der Waals surface area (Å²) >= 11 is 0. The molecule has 0 aliphatic rings. The van der Waals surface area contributed by atoms with E-state index in [1.807, 2.05) is 6.92 Å². The van der Waals surface area contributed by atoms with Gasteiger partial charge in [0.2, 0.25) is 5.88 Å². The van der Waals surface area contributed by atoms with E-state index in [4.69, 9.17) is 9.84 Å². The number of rotatable bonds is 4. The fourth-order valence-electron chi connectivity index (χ4n) is 1.14. The molecular formula is C9H14N2O3. The highest BCUT2D eigenvalue weighted by Gasteiger charge is 2.07. The van der Waals surface area contributed by atoms with Crippen LogP contribution >= 0.6 is 0 Å². The molecule has 0 aromatic carbocycles. The Labute approximate surface area is 82.0 Å². The number of hydrogen-bond acceptors (Lipinski definition) is 4. The van der Waals surface area contributed by atoms with Gasteiger partial charge in [0.25, 0.3) is 5.56 Å². The minimum absolute atomic E-state index is 0.180. The predicted molar refractivity (Wildman–Crippen MR) is 51.6 cm³/mol. The molecule has 0 aliphatic carbocycles. The van der Waals surface area contributed by atoms with Gasteiger partial charge < -0.3 is 9.84 Å². The van der Waals surface area contributed by atoms with Crippen LogP contribution in [-0.2, 0) is 6.54 Å². The molecule has 0 spiro atoms. The molecule has 1 rings (SSSR count). The lowest BCUT2D eigenvalue weighted by atomic mass is 10.4. The highest BCUT2D eigenvalue weighted by Crippen LogP contribution is 2.09. The summed E-state index contributed by atoms with van der Waals surface area (Å²) in [5.41, 5.74) is -0.289. The zero-order valence-electron chi connectivity index (χ0n) is 8.36. The molecule has 0 fully saturated rings.